The summed E-state index contributed by atoms with van der Waals surface area (Å²) in [6.07, 6.45) is 7.57. The molecule has 0 spiro atoms. The number of thiophene rings is 1. The molecule has 0 saturated heterocycles. The Morgan fingerprint density at radius 1 is 0.944 bits per heavy atom. The van der Waals surface area contributed by atoms with Gasteiger partial charge >= 0.3 is 0 Å². The van der Waals surface area contributed by atoms with E-state index in [0.29, 0.717) is 0 Å². The van der Waals surface area contributed by atoms with E-state index in [1.54, 1.807) is 11.1 Å². The molecule has 2 aromatic rings. The van der Waals surface area contributed by atoms with E-state index in [0.717, 1.165) is 5.00 Å². The van der Waals surface area contributed by atoms with Crippen molar-refractivity contribution in [2.24, 2.45) is 0 Å². The zero-order chi connectivity index (χ0) is 12.1. The van der Waals surface area contributed by atoms with Crippen LogP contribution in [-0.2, 0) is 25.7 Å². The fourth-order valence-corrected chi connectivity index (χ4v) is 4.65. The fraction of sp³-hybridized carbons (Fsp3) is 0.375. The highest BCUT2D eigenvalue weighted by molar-refractivity contribution is 7.16. The molecule has 1 nitrogen and oxygen atoms in total. The number of rotatable bonds is 1. The zero-order valence-corrected chi connectivity index (χ0v) is 11.3. The molecule has 2 heteroatoms. The van der Waals surface area contributed by atoms with Crippen LogP contribution in [0, 0.1) is 0 Å². The highest BCUT2D eigenvalue weighted by Gasteiger charge is 2.22. The molecule has 0 fully saturated rings. The van der Waals surface area contributed by atoms with Crippen LogP contribution in [0.15, 0.2) is 18.2 Å². The van der Waals surface area contributed by atoms with Gasteiger partial charge in [-0.3, -0.25) is 0 Å². The van der Waals surface area contributed by atoms with Gasteiger partial charge in [-0.2, -0.15) is 0 Å². The van der Waals surface area contributed by atoms with Crippen molar-refractivity contribution in [2.75, 3.05) is 5.73 Å². The quantitative estimate of drug-likeness (QED) is 0.819. The van der Waals surface area contributed by atoms with E-state index in [1.807, 2.05) is 11.3 Å². The van der Waals surface area contributed by atoms with Crippen LogP contribution in [0.3, 0.4) is 0 Å². The lowest BCUT2D eigenvalue weighted by Crippen LogP contribution is -1.90. The number of fused-ring (bicyclic) bond motifs is 2. The molecule has 92 valence electrons. The third kappa shape index (κ3) is 1.45. The summed E-state index contributed by atoms with van der Waals surface area (Å²) in [5, 5.41) is 1.03. The van der Waals surface area contributed by atoms with Gasteiger partial charge in [-0.25, -0.2) is 0 Å². The summed E-state index contributed by atoms with van der Waals surface area (Å²) < 4.78 is 0. The molecular weight excluding hydrogens is 238 g/mol. The maximum absolute atomic E-state index is 6.25. The van der Waals surface area contributed by atoms with Crippen molar-refractivity contribution < 1.29 is 0 Å². The molecular formula is C16H17NS. The van der Waals surface area contributed by atoms with Crippen LogP contribution in [0.4, 0.5) is 5.00 Å². The second-order valence-corrected chi connectivity index (χ2v) is 6.57. The minimum absolute atomic E-state index is 1.03. The van der Waals surface area contributed by atoms with Gasteiger partial charge in [0.15, 0.2) is 0 Å². The lowest BCUT2D eigenvalue weighted by atomic mass is 9.98. The Morgan fingerprint density at radius 3 is 2.72 bits per heavy atom. The van der Waals surface area contributed by atoms with Crippen molar-refractivity contribution in [2.45, 2.75) is 38.5 Å². The first kappa shape index (κ1) is 10.6. The first-order valence-corrected chi connectivity index (χ1v) is 7.67. The number of nitrogen functional groups attached to an aromatic ring is 1. The Bertz CT molecular complexity index is 624. The Morgan fingerprint density at radius 2 is 1.78 bits per heavy atom. The van der Waals surface area contributed by atoms with E-state index >= 15 is 0 Å². The maximum atomic E-state index is 6.25. The van der Waals surface area contributed by atoms with Crippen molar-refractivity contribution in [1.82, 2.24) is 0 Å². The second-order valence-electron chi connectivity index (χ2n) is 5.43. The van der Waals surface area contributed by atoms with Gasteiger partial charge in [0.25, 0.3) is 0 Å². The predicted molar refractivity (Wildman–Crippen MR) is 78.2 cm³/mol. The molecule has 0 amide bonds. The number of anilines is 1. The second kappa shape index (κ2) is 3.86. The molecule has 4 rings (SSSR count). The van der Waals surface area contributed by atoms with Crippen LogP contribution in [0.25, 0.3) is 11.1 Å². The number of aryl methyl sites for hydroxylation is 3. The molecule has 0 bridgehead atoms. The minimum atomic E-state index is 1.03. The van der Waals surface area contributed by atoms with Gasteiger partial charge in [-0.15, -0.1) is 11.3 Å². The van der Waals surface area contributed by atoms with Crippen LogP contribution >= 0.6 is 11.3 Å². The summed E-state index contributed by atoms with van der Waals surface area (Å²) in [5.41, 5.74) is 13.6. The Balaban J connectivity index is 1.88. The minimum Gasteiger partial charge on any atom is -0.390 e. The third-order valence-electron chi connectivity index (χ3n) is 4.34. The first-order valence-electron chi connectivity index (χ1n) is 6.85. The summed E-state index contributed by atoms with van der Waals surface area (Å²) in [4.78, 5) is 1.53. The number of benzene rings is 1. The summed E-state index contributed by atoms with van der Waals surface area (Å²) in [5.74, 6) is 0. The molecule has 2 aliphatic carbocycles. The average molecular weight is 255 g/mol. The standard InChI is InChI=1S/C16H17NS/c17-16-15(13-5-2-6-14(13)18-16)12-8-7-10-3-1-4-11(10)9-12/h7-9H,1-6,17H2. The lowest BCUT2D eigenvalue weighted by molar-refractivity contribution is 0.911. The highest BCUT2D eigenvalue weighted by atomic mass is 32.1. The third-order valence-corrected chi connectivity index (χ3v) is 5.46. The van der Waals surface area contributed by atoms with Gasteiger partial charge in [0.1, 0.15) is 0 Å². The van der Waals surface area contributed by atoms with Gasteiger partial charge in [-0.05, 0) is 60.8 Å². The van der Waals surface area contributed by atoms with Crippen molar-refractivity contribution in [3.05, 3.63) is 39.8 Å². The van der Waals surface area contributed by atoms with Gasteiger partial charge in [-0.1, -0.05) is 18.2 Å². The SMILES string of the molecule is Nc1sc2c(c1-c1ccc3c(c1)CCC3)CCC2. The Labute approximate surface area is 112 Å². The molecule has 1 aromatic carbocycles. The van der Waals surface area contributed by atoms with Gasteiger partial charge in [0.05, 0.1) is 5.00 Å². The molecule has 1 heterocycles. The largest absolute Gasteiger partial charge is 0.390 e. The maximum Gasteiger partial charge on any atom is 0.0941 e. The predicted octanol–water partition coefficient (Wildman–Crippen LogP) is 3.97. The lowest BCUT2D eigenvalue weighted by Gasteiger charge is -2.07. The van der Waals surface area contributed by atoms with Crippen molar-refractivity contribution in [3.8, 4) is 11.1 Å². The molecule has 1 aromatic heterocycles. The van der Waals surface area contributed by atoms with E-state index in [1.165, 1.54) is 60.1 Å². The summed E-state index contributed by atoms with van der Waals surface area (Å²) >= 11 is 1.81. The fourth-order valence-electron chi connectivity index (χ4n) is 3.47. The normalized spacial score (nSPS) is 16.9. The smallest absolute Gasteiger partial charge is 0.0941 e. The Hall–Kier alpha value is -1.28. The summed E-state index contributed by atoms with van der Waals surface area (Å²) in [6.45, 7) is 0. The first-order chi connectivity index (χ1) is 8.83. The molecule has 0 radical (unpaired) electrons. The average Bonchev–Trinajstić information content (AvgIpc) is 3.02. The molecule has 18 heavy (non-hydrogen) atoms. The number of nitrogens with two attached hydrogens (primary N) is 1. The van der Waals surface area contributed by atoms with Gasteiger partial charge in [0.2, 0.25) is 0 Å². The topological polar surface area (TPSA) is 26.0 Å². The molecule has 0 unspecified atom stereocenters. The van der Waals surface area contributed by atoms with Crippen LogP contribution in [-0.4, -0.2) is 0 Å². The zero-order valence-electron chi connectivity index (χ0n) is 10.5. The van der Waals surface area contributed by atoms with Crippen LogP contribution in [0.1, 0.15) is 34.4 Å². The van der Waals surface area contributed by atoms with Crippen LogP contribution < -0.4 is 5.73 Å². The van der Waals surface area contributed by atoms with E-state index in [2.05, 4.69) is 18.2 Å². The van der Waals surface area contributed by atoms with Crippen molar-refractivity contribution in [3.63, 3.8) is 0 Å². The summed E-state index contributed by atoms with van der Waals surface area (Å²) in [7, 11) is 0. The molecule has 2 N–H and O–H groups in total. The Kier molecular flexibility index (Phi) is 2.28. The molecule has 0 saturated carbocycles. The number of hydrogen-bond acceptors (Lipinski definition) is 2. The van der Waals surface area contributed by atoms with Gasteiger partial charge in [0, 0.05) is 10.4 Å². The van der Waals surface area contributed by atoms with E-state index in [-0.39, 0.29) is 0 Å². The van der Waals surface area contributed by atoms with Gasteiger partial charge < -0.3 is 5.73 Å². The van der Waals surface area contributed by atoms with E-state index < -0.39 is 0 Å². The molecule has 0 aliphatic heterocycles. The van der Waals surface area contributed by atoms with Crippen LogP contribution in [0.2, 0.25) is 0 Å². The van der Waals surface area contributed by atoms with Crippen LogP contribution in [0.5, 0.6) is 0 Å². The number of hydrogen-bond donors (Lipinski definition) is 1. The summed E-state index contributed by atoms with van der Waals surface area (Å²) in [6, 6.07) is 6.98. The van der Waals surface area contributed by atoms with E-state index in [4.69, 9.17) is 5.73 Å². The highest BCUT2D eigenvalue weighted by Crippen LogP contribution is 2.44. The molecule has 0 atom stereocenters. The monoisotopic (exact) mass is 255 g/mol. The molecule has 2 aliphatic rings. The van der Waals surface area contributed by atoms with Crippen molar-refractivity contribution >= 4 is 16.3 Å². The van der Waals surface area contributed by atoms with Crippen molar-refractivity contribution in [1.29, 1.82) is 0 Å². The van der Waals surface area contributed by atoms with E-state index in [9.17, 15) is 0 Å².